The SMILES string of the molecule is C=C(C)[C@H](CC(=S)CCCCCN1C(=O)CC(C)C1=O)C(=O)N[C@@H](CCCNC(N)=O)C(=O)Cc1ccc(NC(=O)O[C@H]2CC(=O)N(C)c3cc(cc(OC)c3Cl)C/C(C)=C/C=C/[C@@H](OC)[C@]3(O)CC(=O)O[C@@H](C3)[C@@H](C)[C@@H]3O[C@@]23C)c(F)c1. The second kappa shape index (κ2) is 28.8. The van der Waals surface area contributed by atoms with Crippen molar-refractivity contribution in [2.45, 2.75) is 160 Å². The first-order valence-corrected chi connectivity index (χ1v) is 28.7. The summed E-state index contributed by atoms with van der Waals surface area (Å²) in [5.74, 6) is -4.88. The van der Waals surface area contributed by atoms with E-state index in [0.717, 1.165) is 17.2 Å². The first-order chi connectivity index (χ1) is 39.2. The highest BCUT2D eigenvalue weighted by Crippen LogP contribution is 2.50. The second-order valence-corrected chi connectivity index (χ2v) is 23.5. The van der Waals surface area contributed by atoms with Crippen LogP contribution in [0.15, 0.2) is 66.3 Å². The number of unbranched alkanes of at least 4 members (excludes halogenated alkanes) is 2. The number of imide groups is 1. The molecule has 20 nitrogen and oxygen atoms in total. The van der Waals surface area contributed by atoms with Gasteiger partial charge in [-0.15, -0.1) is 0 Å². The van der Waals surface area contributed by atoms with E-state index in [1.807, 2.05) is 13.0 Å². The molecular formula is C60H78ClFN6O14S. The van der Waals surface area contributed by atoms with Crippen LogP contribution in [0.5, 0.6) is 5.75 Å². The number of halogens is 2. The number of benzene rings is 2. The highest BCUT2D eigenvalue weighted by molar-refractivity contribution is 7.80. The van der Waals surface area contributed by atoms with E-state index in [9.17, 15) is 43.5 Å². The zero-order valence-corrected chi connectivity index (χ0v) is 50.0. The number of aliphatic hydroxyl groups is 1. The van der Waals surface area contributed by atoms with Crippen LogP contribution in [0.3, 0.4) is 0 Å². The van der Waals surface area contributed by atoms with Crippen molar-refractivity contribution >= 4 is 87.6 Å². The van der Waals surface area contributed by atoms with Crippen molar-refractivity contribution in [3.63, 3.8) is 0 Å². The van der Waals surface area contributed by atoms with Crippen LogP contribution in [0, 0.1) is 23.6 Å². The Morgan fingerprint density at radius 2 is 1.78 bits per heavy atom. The Morgan fingerprint density at radius 3 is 2.43 bits per heavy atom. The lowest BCUT2D eigenvalue weighted by atomic mass is 9.78. The number of ketones is 1. The van der Waals surface area contributed by atoms with Gasteiger partial charge < -0.3 is 50.1 Å². The number of fused-ring (bicyclic) bond motifs is 5. The molecule has 7 amide bonds. The van der Waals surface area contributed by atoms with Crippen LogP contribution in [0.25, 0.3) is 0 Å². The van der Waals surface area contributed by atoms with Gasteiger partial charge in [-0.25, -0.2) is 14.0 Å². The van der Waals surface area contributed by atoms with Crippen LogP contribution in [0.1, 0.15) is 116 Å². The van der Waals surface area contributed by atoms with Gasteiger partial charge in [0.15, 0.2) is 5.78 Å². The van der Waals surface area contributed by atoms with Gasteiger partial charge in [-0.05, 0) is 106 Å². The average molecular weight is 1190 g/mol. The molecule has 4 aliphatic heterocycles. The van der Waals surface area contributed by atoms with E-state index >= 15 is 4.39 Å². The Hall–Kier alpha value is -6.59. The predicted octanol–water partition coefficient (Wildman–Crippen LogP) is 7.71. The third-order valence-electron chi connectivity index (χ3n) is 15.9. The molecule has 0 spiro atoms. The van der Waals surface area contributed by atoms with Gasteiger partial charge in [0.05, 0.1) is 49.4 Å². The summed E-state index contributed by atoms with van der Waals surface area (Å²) in [5, 5.41) is 19.8. The maximum atomic E-state index is 16.1. The molecule has 4 heterocycles. The number of likely N-dealkylation sites (tertiary alicyclic amines) is 1. The number of epoxide rings is 1. The standard InChI is InChI=1S/C60H78ClFN6O14S/c1-33(2)40(29-39(83)16-11-10-12-22-68-51(71)24-35(4)56(68)74)55(73)65-43(17-14-21-64-57(63)75)45(69)27-37-19-20-42(41(62)25-37)66-58(76)81-49-30-50(70)67(7)44-26-38(28-46(78-8)53(44)61)23-34(3)15-13-18-48(79-9)60(77)31-47(80-52(72)32-60)36(5)54-59(49,6)82-54/h13,15,18-20,25-26,28,35-36,40,43,47-49,54,77H,1,10-12,14,16-17,21-24,27,29-32H2,2-9H3,(H,65,73)(H,66,76)(H3,63,64,75)/b18-13+,34-15+/t35?,36-,40+,43+,47+,48-,49+,54+,59+,60-/m1/s1. The summed E-state index contributed by atoms with van der Waals surface area (Å²) in [6, 6.07) is 5.34. The topological polar surface area (TPSA) is 275 Å². The van der Waals surface area contributed by atoms with Crippen molar-refractivity contribution < 1.29 is 71.5 Å². The Balaban J connectivity index is 1.16. The molecule has 2 aromatic rings. The fourth-order valence-corrected chi connectivity index (χ4v) is 11.6. The molecule has 6 N–H and O–H groups in total. The van der Waals surface area contributed by atoms with Crippen molar-refractivity contribution in [1.29, 1.82) is 0 Å². The van der Waals surface area contributed by atoms with Crippen LogP contribution < -0.4 is 31.3 Å². The monoisotopic (exact) mass is 1190 g/mol. The summed E-state index contributed by atoms with van der Waals surface area (Å²) in [5.41, 5.74) is 4.51. The number of nitrogens with zero attached hydrogens (tertiary/aromatic N) is 2. The third kappa shape index (κ3) is 17.0. The number of carbonyl (C=O) groups excluding carboxylic acids is 8. The number of urea groups is 1. The van der Waals surface area contributed by atoms with Gasteiger partial charge in [-0.1, -0.05) is 86.1 Å². The molecule has 83 heavy (non-hydrogen) atoms. The quantitative estimate of drug-likeness (QED) is 0.0189. The van der Waals surface area contributed by atoms with Crippen LogP contribution in [-0.4, -0.2) is 138 Å². The maximum Gasteiger partial charge on any atom is 0.412 e. The van der Waals surface area contributed by atoms with Crippen molar-refractivity contribution in [2.24, 2.45) is 23.5 Å². The third-order valence-corrected chi connectivity index (χ3v) is 16.7. The zero-order valence-electron chi connectivity index (χ0n) is 48.4. The number of ether oxygens (including phenoxy) is 5. The van der Waals surface area contributed by atoms with Crippen molar-refractivity contribution in [3.8, 4) is 5.75 Å². The molecule has 3 saturated heterocycles. The van der Waals surface area contributed by atoms with Gasteiger partial charge in [-0.3, -0.25) is 39.0 Å². The number of thiocarbonyl (C=S) groups is 1. The van der Waals surface area contributed by atoms with Gasteiger partial charge in [0.1, 0.15) is 46.1 Å². The summed E-state index contributed by atoms with van der Waals surface area (Å²) in [7, 11) is 4.39. The number of methoxy groups -OCH3 is 2. The summed E-state index contributed by atoms with van der Waals surface area (Å²) < 4.78 is 45.5. The summed E-state index contributed by atoms with van der Waals surface area (Å²) in [6.07, 6.45) is 2.58. The fraction of sp³-hybridized carbons (Fsp3) is 0.550. The van der Waals surface area contributed by atoms with Crippen LogP contribution in [0.2, 0.25) is 5.02 Å². The van der Waals surface area contributed by atoms with Crippen LogP contribution in [-0.2, 0) is 60.6 Å². The number of nitrogens with two attached hydrogens (primary N) is 1. The number of amides is 7. The highest BCUT2D eigenvalue weighted by atomic mass is 35.5. The van der Waals surface area contributed by atoms with E-state index in [4.69, 9.17) is 53.2 Å². The molecule has 0 saturated carbocycles. The average Bonchev–Trinajstić information content (AvgIpc) is 2.15. The van der Waals surface area contributed by atoms with E-state index in [1.165, 1.54) is 43.2 Å². The number of esters is 1. The molecule has 0 radical (unpaired) electrons. The molecule has 0 aliphatic carbocycles. The lowest BCUT2D eigenvalue weighted by molar-refractivity contribution is -0.187. The zero-order chi connectivity index (χ0) is 61.1. The molecule has 10 atom stereocenters. The summed E-state index contributed by atoms with van der Waals surface area (Å²) in [4.78, 5) is 109. The van der Waals surface area contributed by atoms with Gasteiger partial charge in [0.2, 0.25) is 23.6 Å². The van der Waals surface area contributed by atoms with E-state index in [0.29, 0.717) is 60.5 Å². The lowest BCUT2D eigenvalue weighted by Crippen LogP contribution is -2.53. The minimum absolute atomic E-state index is 0.0340. The number of Topliss-reactive ketones (excluding diaryl/α,β-unsaturated/α-hetero) is 1. The van der Waals surface area contributed by atoms with Gasteiger partial charge in [0.25, 0.3) is 0 Å². The summed E-state index contributed by atoms with van der Waals surface area (Å²) in [6.45, 7) is 13.1. The van der Waals surface area contributed by atoms with Gasteiger partial charge in [-0.2, -0.15) is 0 Å². The second-order valence-electron chi connectivity index (χ2n) is 22.5. The normalized spacial score (nSPS) is 26.3. The van der Waals surface area contributed by atoms with Crippen LogP contribution in [0.4, 0.5) is 25.4 Å². The molecule has 6 rings (SSSR count). The molecule has 1 unspecified atom stereocenters. The molecule has 4 bridgehead atoms. The van der Waals surface area contributed by atoms with E-state index in [1.54, 1.807) is 52.0 Å². The molecular weight excluding hydrogens is 1120 g/mol. The maximum absolute atomic E-state index is 16.1. The summed E-state index contributed by atoms with van der Waals surface area (Å²) >= 11 is 12.5. The van der Waals surface area contributed by atoms with E-state index < -0.39 is 101 Å². The Kier molecular flexibility index (Phi) is 22.7. The van der Waals surface area contributed by atoms with E-state index in [-0.39, 0.29) is 85.5 Å². The molecule has 452 valence electrons. The lowest BCUT2D eigenvalue weighted by Gasteiger charge is -2.41. The number of anilines is 2. The Labute approximate surface area is 494 Å². The number of allylic oxidation sites excluding steroid dienone is 3. The van der Waals surface area contributed by atoms with Crippen molar-refractivity contribution in [3.05, 3.63) is 88.3 Å². The molecule has 2 aromatic carbocycles. The first-order valence-electron chi connectivity index (χ1n) is 27.9. The number of hydrogen-bond acceptors (Lipinski definition) is 15. The minimum atomic E-state index is -1.67. The molecule has 0 aromatic heterocycles. The number of primary amides is 1. The molecule has 3 fully saturated rings. The van der Waals surface area contributed by atoms with Crippen molar-refractivity contribution in [1.82, 2.24) is 15.5 Å². The molecule has 4 aliphatic rings. The number of carbonyl (C=O) groups is 8. The van der Waals surface area contributed by atoms with Crippen molar-refractivity contribution in [2.75, 3.05) is 44.6 Å². The number of hydrogen-bond donors (Lipinski definition) is 5. The first kappa shape index (κ1) is 65.6. The Bertz CT molecular complexity index is 2900. The van der Waals surface area contributed by atoms with Crippen LogP contribution >= 0.6 is 23.8 Å². The number of nitrogens with one attached hydrogen (secondary N) is 3. The minimum Gasteiger partial charge on any atom is -0.495 e. The van der Waals surface area contributed by atoms with Gasteiger partial charge in [0, 0.05) is 58.3 Å². The predicted molar refractivity (Wildman–Crippen MR) is 312 cm³/mol. The van der Waals surface area contributed by atoms with Gasteiger partial charge >= 0.3 is 18.1 Å². The Morgan fingerprint density at radius 1 is 1.05 bits per heavy atom. The fourth-order valence-electron chi connectivity index (χ4n) is 11.0. The highest BCUT2D eigenvalue weighted by Gasteiger charge is 2.64. The largest absolute Gasteiger partial charge is 0.495 e. The number of rotatable bonds is 22. The van der Waals surface area contributed by atoms with E-state index in [2.05, 4.69) is 22.5 Å². The molecule has 23 heteroatoms. The smallest absolute Gasteiger partial charge is 0.412 e.